The number of likely N-dealkylation sites (tertiary alicyclic amines) is 1. The van der Waals surface area contributed by atoms with Gasteiger partial charge in [-0.2, -0.15) is 23.1 Å². The predicted molar refractivity (Wildman–Crippen MR) is 151 cm³/mol. The van der Waals surface area contributed by atoms with Gasteiger partial charge in [0.25, 0.3) is 5.91 Å². The molecule has 2 N–H and O–H groups in total. The molecular formula is C29H34ClF3N6O3. The Morgan fingerprint density at radius 3 is 2.57 bits per heavy atom. The lowest BCUT2D eigenvalue weighted by atomic mass is 9.92. The van der Waals surface area contributed by atoms with E-state index in [9.17, 15) is 23.1 Å². The summed E-state index contributed by atoms with van der Waals surface area (Å²) in [6, 6.07) is 2.34. The molecule has 9 nitrogen and oxygen atoms in total. The molecule has 5 aliphatic heterocycles. The number of benzene rings is 1. The van der Waals surface area contributed by atoms with Gasteiger partial charge >= 0.3 is 12.2 Å². The number of anilines is 2. The van der Waals surface area contributed by atoms with Gasteiger partial charge in [0, 0.05) is 55.3 Å². The van der Waals surface area contributed by atoms with E-state index >= 15 is 0 Å². The maximum atomic E-state index is 14.1. The Hall–Kier alpha value is -2.83. The molecule has 6 heterocycles. The molecule has 2 atom stereocenters. The number of aromatic hydroxyl groups is 1. The number of carbonyl (C=O) groups is 1. The number of aromatic nitrogens is 2. The van der Waals surface area contributed by atoms with Crippen molar-refractivity contribution in [3.63, 3.8) is 0 Å². The van der Waals surface area contributed by atoms with Gasteiger partial charge in [-0.1, -0.05) is 11.6 Å². The number of alkyl halides is 3. The highest BCUT2D eigenvalue weighted by molar-refractivity contribution is 6.32. The Kier molecular flexibility index (Phi) is 6.93. The second-order valence-corrected chi connectivity index (χ2v) is 12.9. The zero-order valence-corrected chi connectivity index (χ0v) is 24.0. The molecule has 1 saturated carbocycles. The van der Waals surface area contributed by atoms with Crippen LogP contribution in [0.4, 0.5) is 24.7 Å². The number of amides is 1. The van der Waals surface area contributed by atoms with Crippen LogP contribution in [0.25, 0.3) is 0 Å². The summed E-state index contributed by atoms with van der Waals surface area (Å²) in [5, 5.41) is 13.0. The molecule has 6 aliphatic rings. The molecule has 0 radical (unpaired) electrons. The molecule has 2 aromatic rings. The van der Waals surface area contributed by atoms with Crippen LogP contribution < -0.4 is 19.9 Å². The van der Waals surface area contributed by atoms with Crippen molar-refractivity contribution in [2.45, 2.75) is 63.2 Å². The topological polar surface area (TPSA) is 94.1 Å². The zero-order chi connectivity index (χ0) is 29.2. The molecule has 8 rings (SSSR count). The zero-order valence-electron chi connectivity index (χ0n) is 23.2. The molecule has 0 spiro atoms. The smallest absolute Gasteiger partial charge is 0.419 e. The lowest BCUT2D eigenvalue weighted by Crippen LogP contribution is -2.61. The van der Waals surface area contributed by atoms with Gasteiger partial charge in [-0.05, 0) is 64.1 Å². The van der Waals surface area contributed by atoms with Crippen LogP contribution in [-0.4, -0.2) is 83.8 Å². The summed E-state index contributed by atoms with van der Waals surface area (Å²) in [6.07, 6.45) is 1.98. The fourth-order valence-electron chi connectivity index (χ4n) is 7.04. The molecule has 1 aromatic heterocycles. The number of hydrogen-bond donors (Lipinski definition) is 2. The van der Waals surface area contributed by atoms with Crippen LogP contribution in [0.5, 0.6) is 11.8 Å². The maximum absolute atomic E-state index is 14.1. The van der Waals surface area contributed by atoms with Crippen molar-refractivity contribution in [1.82, 2.24) is 20.2 Å². The first-order chi connectivity index (χ1) is 20.1. The highest BCUT2D eigenvalue weighted by Crippen LogP contribution is 2.48. The molecule has 13 heteroatoms. The molecule has 5 fully saturated rings. The SMILES string of the molecule is O=C1c2nc(OCC3(CN4CCCC4)CC3)nc(N3CC4CCC3CN4)c2CCN1c1cc(O)cc(Cl)c1C(F)(F)F. The van der Waals surface area contributed by atoms with Gasteiger partial charge in [0.05, 0.1) is 22.9 Å². The summed E-state index contributed by atoms with van der Waals surface area (Å²) in [4.78, 5) is 29.0. The van der Waals surface area contributed by atoms with Crippen molar-refractivity contribution in [3.05, 3.63) is 34.0 Å². The van der Waals surface area contributed by atoms with E-state index in [2.05, 4.69) is 20.1 Å². The molecule has 2 bridgehead atoms. The quantitative estimate of drug-likeness (QED) is 0.483. The van der Waals surface area contributed by atoms with Crippen LogP contribution in [-0.2, 0) is 12.6 Å². The molecule has 1 aliphatic carbocycles. The largest absolute Gasteiger partial charge is 0.508 e. The Morgan fingerprint density at radius 1 is 1.14 bits per heavy atom. The first kappa shape index (κ1) is 28.0. The molecule has 1 amide bonds. The van der Waals surface area contributed by atoms with Gasteiger partial charge in [0.1, 0.15) is 17.3 Å². The molecular weight excluding hydrogens is 573 g/mol. The van der Waals surface area contributed by atoms with Crippen molar-refractivity contribution < 1.29 is 27.8 Å². The van der Waals surface area contributed by atoms with E-state index in [0.29, 0.717) is 24.0 Å². The third-order valence-corrected chi connectivity index (χ3v) is 9.77. The number of piperazine rings is 1. The van der Waals surface area contributed by atoms with Gasteiger partial charge in [0.2, 0.25) is 0 Å². The summed E-state index contributed by atoms with van der Waals surface area (Å²) >= 11 is 5.95. The van der Waals surface area contributed by atoms with Crippen molar-refractivity contribution in [3.8, 4) is 11.8 Å². The van der Waals surface area contributed by atoms with E-state index in [1.807, 2.05) is 0 Å². The van der Waals surface area contributed by atoms with E-state index in [-0.39, 0.29) is 36.1 Å². The minimum atomic E-state index is -4.83. The Morgan fingerprint density at radius 2 is 1.93 bits per heavy atom. The van der Waals surface area contributed by atoms with Gasteiger partial charge < -0.3 is 29.9 Å². The number of nitrogens with one attached hydrogen (secondary N) is 1. The first-order valence-corrected chi connectivity index (χ1v) is 15.2. The monoisotopic (exact) mass is 606 g/mol. The number of phenolic OH excluding ortho intramolecular Hbond substituents is 1. The number of phenols is 1. The third kappa shape index (κ3) is 5.15. The average molecular weight is 607 g/mol. The van der Waals surface area contributed by atoms with Crippen molar-refractivity contribution in [2.24, 2.45) is 5.41 Å². The lowest BCUT2D eigenvalue weighted by Gasteiger charge is -2.47. The van der Waals surface area contributed by atoms with Gasteiger partial charge in [0.15, 0.2) is 0 Å². The van der Waals surface area contributed by atoms with E-state index in [1.165, 1.54) is 12.8 Å². The molecule has 226 valence electrons. The number of fused-ring (bicyclic) bond motifs is 4. The Balaban J connectivity index is 1.24. The fraction of sp³-hybridized carbons (Fsp3) is 0.621. The number of rotatable bonds is 7. The van der Waals surface area contributed by atoms with Crippen molar-refractivity contribution in [2.75, 3.05) is 55.7 Å². The standard InChI is InChI=1S/C29H34ClF3N6O3/c30-21-11-19(40)12-22(23(21)29(31,32)33)38-10-5-20-24(26(38)41)35-27(36-25(20)39-14-17-3-4-18(39)13-34-17)42-16-28(6-7-28)15-37-8-1-2-9-37/h11-12,17-18,34,40H,1-10,13-16H2. The minimum absolute atomic E-state index is 0.0348. The van der Waals surface area contributed by atoms with Crippen LogP contribution in [0.15, 0.2) is 12.1 Å². The summed E-state index contributed by atoms with van der Waals surface area (Å²) in [5.74, 6) is -0.525. The van der Waals surface area contributed by atoms with E-state index < -0.39 is 34.1 Å². The second-order valence-electron chi connectivity index (χ2n) is 12.4. The number of hydrogen-bond acceptors (Lipinski definition) is 8. The molecule has 42 heavy (non-hydrogen) atoms. The summed E-state index contributed by atoms with van der Waals surface area (Å²) in [6.45, 7) is 5.06. The highest BCUT2D eigenvalue weighted by atomic mass is 35.5. The first-order valence-electron chi connectivity index (χ1n) is 14.8. The van der Waals surface area contributed by atoms with Crippen LogP contribution in [0, 0.1) is 5.41 Å². The summed E-state index contributed by atoms with van der Waals surface area (Å²) < 4.78 is 48.4. The second kappa shape index (κ2) is 10.4. The Labute approximate surface area is 247 Å². The molecule has 4 saturated heterocycles. The van der Waals surface area contributed by atoms with Crippen LogP contribution >= 0.6 is 11.6 Å². The van der Waals surface area contributed by atoms with E-state index in [1.54, 1.807) is 0 Å². The number of carbonyl (C=O) groups excluding carboxylic acids is 1. The van der Waals surface area contributed by atoms with Crippen LogP contribution in [0.2, 0.25) is 5.02 Å². The molecule has 1 aromatic carbocycles. The highest BCUT2D eigenvalue weighted by Gasteiger charge is 2.46. The number of halogens is 4. The number of ether oxygens (including phenoxy) is 1. The van der Waals surface area contributed by atoms with Gasteiger partial charge in [-0.25, -0.2) is 0 Å². The summed E-state index contributed by atoms with van der Waals surface area (Å²) in [5.41, 5.74) is -0.966. The lowest BCUT2D eigenvalue weighted by molar-refractivity contribution is -0.137. The minimum Gasteiger partial charge on any atom is -0.508 e. The van der Waals surface area contributed by atoms with E-state index in [4.69, 9.17) is 21.3 Å². The van der Waals surface area contributed by atoms with Gasteiger partial charge in [-0.15, -0.1) is 0 Å². The van der Waals surface area contributed by atoms with Crippen LogP contribution in [0.1, 0.15) is 60.1 Å². The predicted octanol–water partition coefficient (Wildman–Crippen LogP) is 4.25. The van der Waals surface area contributed by atoms with Crippen LogP contribution in [0.3, 0.4) is 0 Å². The third-order valence-electron chi connectivity index (χ3n) is 9.47. The van der Waals surface area contributed by atoms with Crippen molar-refractivity contribution in [1.29, 1.82) is 0 Å². The fourth-order valence-corrected chi connectivity index (χ4v) is 7.36. The van der Waals surface area contributed by atoms with E-state index in [0.717, 1.165) is 75.4 Å². The normalized spacial score (nSPS) is 25.2. The Bertz CT molecular complexity index is 1390. The van der Waals surface area contributed by atoms with Crippen molar-refractivity contribution >= 4 is 29.0 Å². The molecule has 2 unspecified atom stereocenters. The van der Waals surface area contributed by atoms with Gasteiger partial charge in [-0.3, -0.25) is 4.79 Å². The maximum Gasteiger partial charge on any atom is 0.419 e. The average Bonchev–Trinajstić information content (AvgIpc) is 3.53. The number of nitrogens with zero attached hydrogens (tertiary/aromatic N) is 5. The number of piperidine rings is 2. The summed E-state index contributed by atoms with van der Waals surface area (Å²) in [7, 11) is 0.